The minimum absolute atomic E-state index is 0.0429. The molecule has 86 valence electrons. The van der Waals surface area contributed by atoms with Crippen molar-refractivity contribution in [2.75, 3.05) is 0 Å². The van der Waals surface area contributed by atoms with Crippen molar-refractivity contribution in [3.63, 3.8) is 0 Å². The fourth-order valence-corrected chi connectivity index (χ4v) is 1.29. The van der Waals surface area contributed by atoms with Crippen LogP contribution in [-0.2, 0) is 7.05 Å². The van der Waals surface area contributed by atoms with Crippen molar-refractivity contribution in [2.24, 2.45) is 12.8 Å². The number of alkyl halides is 3. The van der Waals surface area contributed by atoms with E-state index in [1.54, 1.807) is 24.1 Å². The van der Waals surface area contributed by atoms with Gasteiger partial charge in [-0.1, -0.05) is 0 Å². The van der Waals surface area contributed by atoms with Gasteiger partial charge in [-0.3, -0.25) is 0 Å². The zero-order chi connectivity index (χ0) is 11.5. The van der Waals surface area contributed by atoms with E-state index in [0.717, 1.165) is 0 Å². The maximum atomic E-state index is 11.9. The van der Waals surface area contributed by atoms with Crippen molar-refractivity contribution in [3.8, 4) is 0 Å². The van der Waals surface area contributed by atoms with Crippen LogP contribution in [-0.4, -0.2) is 15.7 Å². The summed E-state index contributed by atoms with van der Waals surface area (Å²) in [6.07, 6.45) is -1.23. The van der Waals surface area contributed by atoms with Crippen LogP contribution < -0.4 is 5.73 Å². The molecule has 1 heterocycles. The zero-order valence-electron chi connectivity index (χ0n) is 8.46. The van der Waals surface area contributed by atoms with E-state index in [4.69, 9.17) is 5.73 Å². The number of hydrogen-bond acceptors (Lipinski definition) is 2. The summed E-state index contributed by atoms with van der Waals surface area (Å²) in [4.78, 5) is 3.99. The zero-order valence-corrected chi connectivity index (χ0v) is 8.46. The molecule has 1 aromatic rings. The first-order valence-corrected chi connectivity index (χ1v) is 4.68. The van der Waals surface area contributed by atoms with Crippen LogP contribution >= 0.6 is 0 Å². The van der Waals surface area contributed by atoms with E-state index in [1.165, 1.54) is 0 Å². The molecule has 0 radical (unpaired) electrons. The maximum Gasteiger partial charge on any atom is 0.389 e. The highest BCUT2D eigenvalue weighted by molar-refractivity contribution is 5.02. The van der Waals surface area contributed by atoms with Gasteiger partial charge in [0.15, 0.2) is 0 Å². The quantitative estimate of drug-likeness (QED) is 0.846. The smallest absolute Gasteiger partial charge is 0.340 e. The Morgan fingerprint density at radius 1 is 1.53 bits per heavy atom. The van der Waals surface area contributed by atoms with Crippen LogP contribution in [0.2, 0.25) is 0 Å². The van der Waals surface area contributed by atoms with Gasteiger partial charge in [0.2, 0.25) is 0 Å². The fraction of sp³-hybridized carbons (Fsp3) is 0.667. The monoisotopic (exact) mass is 221 g/mol. The van der Waals surface area contributed by atoms with Crippen molar-refractivity contribution in [2.45, 2.75) is 31.5 Å². The molecule has 15 heavy (non-hydrogen) atoms. The van der Waals surface area contributed by atoms with E-state index in [9.17, 15) is 13.2 Å². The first-order valence-electron chi connectivity index (χ1n) is 4.68. The van der Waals surface area contributed by atoms with Crippen molar-refractivity contribution in [1.29, 1.82) is 0 Å². The fourth-order valence-electron chi connectivity index (χ4n) is 1.29. The lowest BCUT2D eigenvalue weighted by molar-refractivity contribution is -0.135. The molecule has 0 fully saturated rings. The molecule has 1 rings (SSSR count). The lowest BCUT2D eigenvalue weighted by atomic mass is 10.1. The normalized spacial score (nSPS) is 14.2. The summed E-state index contributed by atoms with van der Waals surface area (Å²) < 4.78 is 37.3. The molecule has 3 nitrogen and oxygen atoms in total. The largest absolute Gasteiger partial charge is 0.389 e. The first kappa shape index (κ1) is 12.0. The van der Waals surface area contributed by atoms with Gasteiger partial charge in [-0.25, -0.2) is 4.98 Å². The average molecular weight is 221 g/mol. The number of nitrogens with zero attached hydrogens (tertiary/aromatic N) is 2. The van der Waals surface area contributed by atoms with Gasteiger partial charge < -0.3 is 10.3 Å². The predicted octanol–water partition coefficient (Wildman–Crippen LogP) is 2.15. The molecule has 6 heteroatoms. The van der Waals surface area contributed by atoms with Gasteiger partial charge in [0.05, 0.1) is 12.0 Å². The van der Waals surface area contributed by atoms with Gasteiger partial charge in [-0.05, 0) is 12.8 Å². The van der Waals surface area contributed by atoms with Crippen LogP contribution in [0.1, 0.15) is 31.0 Å². The van der Waals surface area contributed by atoms with Crippen LogP contribution in [0.4, 0.5) is 13.2 Å². The minimum Gasteiger partial charge on any atom is -0.340 e. The number of hydrogen-bond donors (Lipinski definition) is 1. The van der Waals surface area contributed by atoms with E-state index in [0.29, 0.717) is 12.1 Å². The van der Waals surface area contributed by atoms with E-state index >= 15 is 0 Å². The van der Waals surface area contributed by atoms with Gasteiger partial charge in [0.25, 0.3) is 0 Å². The summed E-state index contributed by atoms with van der Waals surface area (Å²) in [6.45, 7) is 0. The highest BCUT2D eigenvalue weighted by Crippen LogP contribution is 2.24. The van der Waals surface area contributed by atoms with Crippen molar-refractivity contribution < 1.29 is 13.2 Å². The lowest BCUT2D eigenvalue weighted by Gasteiger charge is -2.09. The number of imidazole rings is 1. The third-order valence-electron chi connectivity index (χ3n) is 2.08. The maximum absolute atomic E-state index is 11.9. The van der Waals surface area contributed by atoms with Crippen molar-refractivity contribution in [3.05, 3.63) is 18.2 Å². The second kappa shape index (κ2) is 4.65. The standard InChI is InChI=1S/C9H14F3N3/c1-15-5-8(14-6-15)7(13)3-2-4-9(10,11)12/h5-7H,2-4,13H2,1H3. The van der Waals surface area contributed by atoms with Crippen molar-refractivity contribution in [1.82, 2.24) is 9.55 Å². The SMILES string of the molecule is Cn1cnc(C(N)CCCC(F)(F)F)c1. The molecule has 0 saturated heterocycles. The molecule has 1 aromatic heterocycles. The summed E-state index contributed by atoms with van der Waals surface area (Å²) in [5.41, 5.74) is 6.33. The number of aryl methyl sites for hydroxylation is 1. The lowest BCUT2D eigenvalue weighted by Crippen LogP contribution is -2.13. The highest BCUT2D eigenvalue weighted by atomic mass is 19.4. The van der Waals surface area contributed by atoms with Crippen LogP contribution in [0, 0.1) is 0 Å². The Kier molecular flexibility index (Phi) is 3.73. The van der Waals surface area contributed by atoms with Crippen LogP contribution in [0.3, 0.4) is 0 Å². The first-order chi connectivity index (χ1) is 6.88. The number of rotatable bonds is 4. The number of nitrogens with two attached hydrogens (primary N) is 1. The Morgan fingerprint density at radius 2 is 2.20 bits per heavy atom. The Balaban J connectivity index is 2.34. The molecule has 0 aliphatic carbocycles. The van der Waals surface area contributed by atoms with Gasteiger partial charge in [0.1, 0.15) is 0 Å². The Hall–Kier alpha value is -1.04. The molecule has 1 atom stereocenters. The Bertz CT molecular complexity index is 306. The van der Waals surface area contributed by atoms with Crippen LogP contribution in [0.5, 0.6) is 0 Å². The van der Waals surface area contributed by atoms with Crippen molar-refractivity contribution >= 4 is 0 Å². The molecule has 0 amide bonds. The second-order valence-corrected chi connectivity index (χ2v) is 3.58. The van der Waals surface area contributed by atoms with Gasteiger partial charge in [0, 0.05) is 25.7 Å². The summed E-state index contributed by atoms with van der Waals surface area (Å²) in [5.74, 6) is 0. The van der Waals surface area contributed by atoms with E-state index in [1.807, 2.05) is 0 Å². The van der Waals surface area contributed by atoms with Crippen LogP contribution in [0.25, 0.3) is 0 Å². The molecule has 0 spiro atoms. The van der Waals surface area contributed by atoms with Gasteiger partial charge >= 0.3 is 6.18 Å². The molecule has 0 aromatic carbocycles. The molecular weight excluding hydrogens is 207 g/mol. The topological polar surface area (TPSA) is 43.8 Å². The minimum atomic E-state index is -4.09. The molecule has 1 unspecified atom stereocenters. The average Bonchev–Trinajstić information content (AvgIpc) is 2.49. The third kappa shape index (κ3) is 4.33. The molecular formula is C9H14F3N3. The van der Waals surface area contributed by atoms with E-state index in [2.05, 4.69) is 4.98 Å². The van der Waals surface area contributed by atoms with Gasteiger partial charge in [-0.15, -0.1) is 0 Å². The number of aromatic nitrogens is 2. The van der Waals surface area contributed by atoms with E-state index < -0.39 is 18.6 Å². The second-order valence-electron chi connectivity index (χ2n) is 3.58. The van der Waals surface area contributed by atoms with Crippen LogP contribution in [0.15, 0.2) is 12.5 Å². The summed E-state index contributed by atoms with van der Waals surface area (Å²) >= 11 is 0. The summed E-state index contributed by atoms with van der Waals surface area (Å²) in [5, 5.41) is 0. The van der Waals surface area contributed by atoms with E-state index in [-0.39, 0.29) is 6.42 Å². The summed E-state index contributed by atoms with van der Waals surface area (Å²) in [7, 11) is 1.79. The Morgan fingerprint density at radius 3 is 2.67 bits per heavy atom. The molecule has 0 aliphatic heterocycles. The molecule has 0 bridgehead atoms. The number of halogens is 3. The highest BCUT2D eigenvalue weighted by Gasteiger charge is 2.26. The Labute approximate surface area is 86.1 Å². The van der Waals surface area contributed by atoms with Gasteiger partial charge in [-0.2, -0.15) is 13.2 Å². The third-order valence-corrected chi connectivity index (χ3v) is 2.08. The summed E-state index contributed by atoms with van der Waals surface area (Å²) in [6, 6.07) is -0.409. The molecule has 2 N–H and O–H groups in total. The predicted molar refractivity (Wildman–Crippen MR) is 50.0 cm³/mol. The molecule has 0 saturated carbocycles. The molecule has 0 aliphatic rings.